The van der Waals surface area contributed by atoms with Crippen LogP contribution in [0.4, 0.5) is 5.69 Å². The van der Waals surface area contributed by atoms with Crippen LogP contribution >= 0.6 is 0 Å². The van der Waals surface area contributed by atoms with E-state index in [1.165, 1.54) is 38.8 Å². The van der Waals surface area contributed by atoms with Crippen LogP contribution in [-0.4, -0.2) is 9.97 Å². The van der Waals surface area contributed by atoms with E-state index >= 15 is 0 Å². The van der Waals surface area contributed by atoms with Crippen molar-refractivity contribution in [2.75, 3.05) is 5.32 Å². The first-order valence-corrected chi connectivity index (χ1v) is 8.61. The summed E-state index contributed by atoms with van der Waals surface area (Å²) < 4.78 is 0. The van der Waals surface area contributed by atoms with Gasteiger partial charge < -0.3 is 10.3 Å². The van der Waals surface area contributed by atoms with E-state index in [0.717, 1.165) is 11.3 Å². The summed E-state index contributed by atoms with van der Waals surface area (Å²) in [6.45, 7) is 4.33. The topological polar surface area (TPSA) is 40.7 Å². The summed E-state index contributed by atoms with van der Waals surface area (Å²) in [5.74, 6) is 0. The number of aromatic nitrogens is 2. The predicted octanol–water partition coefficient (Wildman–Crippen LogP) is 5.36. The number of aromatic amines is 1. The normalized spacial score (nSPS) is 15.5. The van der Waals surface area contributed by atoms with Gasteiger partial charge in [-0.2, -0.15) is 0 Å². The molecule has 0 spiro atoms. The molecule has 2 N–H and O–H groups in total. The number of hydrogen-bond acceptors (Lipinski definition) is 2. The zero-order valence-electron chi connectivity index (χ0n) is 14.3. The van der Waals surface area contributed by atoms with Crippen LogP contribution in [0.25, 0.3) is 22.2 Å². The Morgan fingerprint density at radius 1 is 0.920 bits per heavy atom. The number of para-hydroxylation sites is 1. The van der Waals surface area contributed by atoms with Gasteiger partial charge in [0, 0.05) is 34.6 Å². The van der Waals surface area contributed by atoms with Gasteiger partial charge in [-0.05, 0) is 42.7 Å². The second-order valence-electron chi connectivity index (χ2n) is 6.81. The lowest BCUT2D eigenvalue weighted by atomic mass is 9.93. The number of nitrogens with zero attached hydrogens (tertiary/aromatic N) is 1. The summed E-state index contributed by atoms with van der Waals surface area (Å²) in [5.41, 5.74) is 9.71. The van der Waals surface area contributed by atoms with Gasteiger partial charge in [0.1, 0.15) is 5.65 Å². The van der Waals surface area contributed by atoms with Gasteiger partial charge in [0.25, 0.3) is 0 Å². The van der Waals surface area contributed by atoms with Crippen LogP contribution in [-0.2, 0) is 0 Å². The van der Waals surface area contributed by atoms with Crippen LogP contribution in [0.2, 0.25) is 0 Å². The van der Waals surface area contributed by atoms with Crippen molar-refractivity contribution in [2.24, 2.45) is 0 Å². The fraction of sp³-hybridized carbons (Fsp3) is 0.136. The Morgan fingerprint density at radius 3 is 2.68 bits per heavy atom. The average molecular weight is 325 g/mol. The quantitative estimate of drug-likeness (QED) is 0.494. The number of H-pyrrole nitrogens is 1. The number of aryl methyl sites for hydroxylation is 2. The smallest absolute Gasteiger partial charge is 0.138 e. The van der Waals surface area contributed by atoms with Crippen molar-refractivity contribution < 1.29 is 0 Å². The number of fused-ring (bicyclic) bond motifs is 2. The molecule has 25 heavy (non-hydrogen) atoms. The van der Waals surface area contributed by atoms with Gasteiger partial charge in [-0.1, -0.05) is 42.0 Å². The molecule has 1 unspecified atom stereocenters. The lowest BCUT2D eigenvalue weighted by molar-refractivity contribution is 0.938. The zero-order chi connectivity index (χ0) is 17.0. The number of hydrogen-bond donors (Lipinski definition) is 2. The molecule has 122 valence electrons. The third-order valence-electron chi connectivity index (χ3n) is 5.17. The Bertz CT molecular complexity index is 1110. The van der Waals surface area contributed by atoms with Gasteiger partial charge in [-0.15, -0.1) is 0 Å². The van der Waals surface area contributed by atoms with Crippen molar-refractivity contribution >= 4 is 16.7 Å². The molecule has 0 fully saturated rings. The van der Waals surface area contributed by atoms with Crippen LogP contribution in [0.5, 0.6) is 0 Å². The summed E-state index contributed by atoms with van der Waals surface area (Å²) in [6, 6.07) is 17.4. The van der Waals surface area contributed by atoms with Crippen molar-refractivity contribution in [3.05, 3.63) is 83.2 Å². The average Bonchev–Trinajstić information content (AvgIpc) is 2.98. The summed E-state index contributed by atoms with van der Waals surface area (Å²) in [4.78, 5) is 7.90. The van der Waals surface area contributed by atoms with Crippen molar-refractivity contribution in [3.63, 3.8) is 0 Å². The summed E-state index contributed by atoms with van der Waals surface area (Å²) in [6.07, 6.45) is 3.98. The summed E-state index contributed by atoms with van der Waals surface area (Å²) >= 11 is 0. The molecule has 0 amide bonds. The third-order valence-corrected chi connectivity index (χ3v) is 5.17. The molecule has 3 nitrogen and oxygen atoms in total. The number of benzene rings is 2. The van der Waals surface area contributed by atoms with Crippen LogP contribution in [0.1, 0.15) is 28.3 Å². The molecule has 2 aromatic carbocycles. The van der Waals surface area contributed by atoms with Crippen molar-refractivity contribution in [3.8, 4) is 11.1 Å². The van der Waals surface area contributed by atoms with E-state index in [-0.39, 0.29) is 6.04 Å². The maximum absolute atomic E-state index is 4.54. The van der Waals surface area contributed by atoms with Gasteiger partial charge in [0.2, 0.25) is 0 Å². The molecule has 0 saturated carbocycles. The van der Waals surface area contributed by atoms with Gasteiger partial charge >= 0.3 is 0 Å². The number of pyridine rings is 1. The highest BCUT2D eigenvalue weighted by Crippen LogP contribution is 2.43. The first-order valence-electron chi connectivity index (χ1n) is 8.61. The minimum absolute atomic E-state index is 0.0981. The first kappa shape index (κ1) is 14.3. The molecule has 4 aromatic rings. The minimum atomic E-state index is 0.0981. The Labute approximate surface area is 146 Å². The number of nitrogens with one attached hydrogen (secondary N) is 2. The largest absolute Gasteiger partial charge is 0.374 e. The highest BCUT2D eigenvalue weighted by molar-refractivity contribution is 6.01. The van der Waals surface area contributed by atoms with E-state index in [0.29, 0.717) is 0 Å². The standard InChI is InChI=1S/C22H19N3/c1-13-7-8-15(14(2)11-13)21-18-12-24-22-20(18)17(9-10-23-22)16-5-3-4-6-19(16)25-21/h3-12,21,25H,1-2H3,(H,23,24). The highest BCUT2D eigenvalue weighted by atomic mass is 14.9. The van der Waals surface area contributed by atoms with E-state index < -0.39 is 0 Å². The van der Waals surface area contributed by atoms with E-state index in [4.69, 9.17) is 0 Å². The molecule has 0 aliphatic carbocycles. The van der Waals surface area contributed by atoms with Crippen molar-refractivity contribution in [2.45, 2.75) is 19.9 Å². The molecule has 1 aliphatic heterocycles. The lowest BCUT2D eigenvalue weighted by Crippen LogP contribution is -2.12. The second kappa shape index (κ2) is 5.21. The molecule has 3 heterocycles. The first-order chi connectivity index (χ1) is 12.2. The van der Waals surface area contributed by atoms with E-state index in [1.54, 1.807) is 0 Å². The number of rotatable bonds is 1. The fourth-order valence-corrected chi connectivity index (χ4v) is 4.01. The Kier molecular flexibility index (Phi) is 2.98. The molecule has 0 bridgehead atoms. The molecule has 0 radical (unpaired) electrons. The number of anilines is 1. The molecule has 1 atom stereocenters. The van der Waals surface area contributed by atoms with Gasteiger partial charge in [0.05, 0.1) is 6.04 Å². The molecule has 0 saturated heterocycles. The van der Waals surface area contributed by atoms with Gasteiger partial charge in [-0.3, -0.25) is 0 Å². The predicted molar refractivity (Wildman–Crippen MR) is 103 cm³/mol. The Morgan fingerprint density at radius 2 is 1.80 bits per heavy atom. The van der Waals surface area contributed by atoms with E-state index in [9.17, 15) is 0 Å². The second-order valence-corrected chi connectivity index (χ2v) is 6.81. The molecule has 1 aliphatic rings. The lowest BCUT2D eigenvalue weighted by Gasteiger charge is -2.21. The van der Waals surface area contributed by atoms with Crippen LogP contribution < -0.4 is 5.32 Å². The molecule has 5 rings (SSSR count). The Hall–Kier alpha value is -3.07. The van der Waals surface area contributed by atoms with Crippen molar-refractivity contribution in [1.29, 1.82) is 0 Å². The summed E-state index contributed by atoms with van der Waals surface area (Å²) in [5, 5.41) is 4.99. The molecule has 3 heteroatoms. The minimum Gasteiger partial charge on any atom is -0.374 e. The van der Waals surface area contributed by atoms with Gasteiger partial charge in [-0.25, -0.2) is 4.98 Å². The van der Waals surface area contributed by atoms with E-state index in [2.05, 4.69) is 83.9 Å². The van der Waals surface area contributed by atoms with Crippen LogP contribution in [0.3, 0.4) is 0 Å². The maximum Gasteiger partial charge on any atom is 0.138 e. The fourth-order valence-electron chi connectivity index (χ4n) is 4.01. The molecular weight excluding hydrogens is 306 g/mol. The molecule has 2 aromatic heterocycles. The van der Waals surface area contributed by atoms with Crippen LogP contribution in [0.15, 0.2) is 60.9 Å². The van der Waals surface area contributed by atoms with E-state index in [1.807, 2.05) is 6.20 Å². The van der Waals surface area contributed by atoms with Crippen LogP contribution in [0, 0.1) is 13.8 Å². The maximum atomic E-state index is 4.54. The Balaban J connectivity index is 1.85. The SMILES string of the molecule is Cc1ccc(C2Nc3ccccc3-c3ccnc4[nH]cc2c34)c(C)c1. The zero-order valence-corrected chi connectivity index (χ0v) is 14.3. The highest BCUT2D eigenvalue weighted by Gasteiger charge is 2.26. The third kappa shape index (κ3) is 2.09. The monoisotopic (exact) mass is 325 g/mol. The van der Waals surface area contributed by atoms with Gasteiger partial charge in [0.15, 0.2) is 0 Å². The summed E-state index contributed by atoms with van der Waals surface area (Å²) in [7, 11) is 0. The van der Waals surface area contributed by atoms with Crippen molar-refractivity contribution in [1.82, 2.24) is 9.97 Å². The molecular formula is C22H19N3.